The Bertz CT molecular complexity index is 831. The van der Waals surface area contributed by atoms with E-state index >= 15 is 0 Å². The lowest BCUT2D eigenvalue weighted by Gasteiger charge is -2.39. The zero-order valence-electron chi connectivity index (χ0n) is 14.9. The van der Waals surface area contributed by atoms with Crippen LogP contribution in [0, 0.1) is 5.92 Å². The van der Waals surface area contributed by atoms with Crippen LogP contribution in [-0.2, 0) is 16.1 Å². The van der Waals surface area contributed by atoms with Gasteiger partial charge in [-0.3, -0.25) is 34.3 Å². The molecule has 1 aromatic carbocycles. The number of carbonyl (C=O) groups is 4. The molecule has 0 saturated carbocycles. The number of piperidine rings is 1. The molecule has 0 spiro atoms. The van der Waals surface area contributed by atoms with Crippen molar-refractivity contribution in [2.75, 3.05) is 19.6 Å². The third kappa shape index (κ3) is 3.15. The fraction of sp³-hybridized carbons (Fsp3) is 0.474. The summed E-state index contributed by atoms with van der Waals surface area (Å²) in [6.45, 7) is 3.39. The van der Waals surface area contributed by atoms with E-state index in [-0.39, 0.29) is 18.7 Å². The molecule has 8 heteroatoms. The number of nitrogens with two attached hydrogens (primary N) is 1. The van der Waals surface area contributed by atoms with E-state index in [0.29, 0.717) is 30.1 Å². The number of rotatable bonds is 5. The van der Waals surface area contributed by atoms with Gasteiger partial charge in [-0.05, 0) is 43.0 Å². The van der Waals surface area contributed by atoms with Crippen LogP contribution in [0.3, 0.4) is 0 Å². The van der Waals surface area contributed by atoms with E-state index < -0.39 is 23.8 Å². The second kappa shape index (κ2) is 6.86. The Hall–Kier alpha value is -2.58. The van der Waals surface area contributed by atoms with Gasteiger partial charge in [-0.25, -0.2) is 0 Å². The zero-order valence-corrected chi connectivity index (χ0v) is 14.9. The number of nitrogens with zero attached hydrogens (tertiary/aromatic N) is 2. The predicted molar refractivity (Wildman–Crippen MR) is 95.6 cm³/mol. The van der Waals surface area contributed by atoms with Crippen LogP contribution in [0.2, 0.25) is 0 Å². The SMILES string of the molecule is NCCC1CN(Cc2ccc3c(c2)C(=O)N(C2CCC(=O)NC2=O)C3=O)C1. The smallest absolute Gasteiger partial charge is 0.262 e. The van der Waals surface area contributed by atoms with Gasteiger partial charge in [-0.1, -0.05) is 6.07 Å². The van der Waals surface area contributed by atoms with Gasteiger partial charge in [0.15, 0.2) is 0 Å². The van der Waals surface area contributed by atoms with Crippen molar-refractivity contribution in [1.29, 1.82) is 0 Å². The summed E-state index contributed by atoms with van der Waals surface area (Å²) >= 11 is 0. The molecule has 3 aliphatic rings. The van der Waals surface area contributed by atoms with Gasteiger partial charge in [0.1, 0.15) is 6.04 Å². The van der Waals surface area contributed by atoms with Crippen molar-refractivity contribution in [3.8, 4) is 0 Å². The Morgan fingerprint density at radius 1 is 1.07 bits per heavy atom. The number of nitrogens with one attached hydrogen (secondary N) is 1. The molecule has 0 bridgehead atoms. The number of hydrogen-bond acceptors (Lipinski definition) is 6. The predicted octanol–water partition coefficient (Wildman–Crippen LogP) is -0.132. The third-order valence-corrected chi connectivity index (χ3v) is 5.52. The molecule has 27 heavy (non-hydrogen) atoms. The van der Waals surface area contributed by atoms with Crippen molar-refractivity contribution in [2.24, 2.45) is 11.7 Å². The average molecular weight is 370 g/mol. The molecule has 8 nitrogen and oxygen atoms in total. The summed E-state index contributed by atoms with van der Waals surface area (Å²) in [4.78, 5) is 52.2. The number of imide groups is 2. The van der Waals surface area contributed by atoms with Crippen LogP contribution in [-0.4, -0.2) is 59.1 Å². The summed E-state index contributed by atoms with van der Waals surface area (Å²) in [6, 6.07) is 4.34. The second-order valence-corrected chi connectivity index (χ2v) is 7.46. The van der Waals surface area contributed by atoms with Crippen LogP contribution < -0.4 is 11.1 Å². The zero-order chi connectivity index (χ0) is 19.1. The highest BCUT2D eigenvalue weighted by molar-refractivity contribution is 6.23. The number of benzene rings is 1. The molecule has 0 aromatic heterocycles. The fourth-order valence-electron chi connectivity index (χ4n) is 4.10. The lowest BCUT2D eigenvalue weighted by Crippen LogP contribution is -2.54. The number of hydrogen-bond donors (Lipinski definition) is 2. The lowest BCUT2D eigenvalue weighted by atomic mass is 9.95. The maximum absolute atomic E-state index is 12.8. The molecule has 0 radical (unpaired) electrons. The van der Waals surface area contributed by atoms with Gasteiger partial charge in [-0.15, -0.1) is 0 Å². The normalized spacial score (nSPS) is 23.4. The first-order valence-electron chi connectivity index (χ1n) is 9.25. The maximum Gasteiger partial charge on any atom is 0.262 e. The first kappa shape index (κ1) is 17.8. The highest BCUT2D eigenvalue weighted by atomic mass is 16.2. The minimum absolute atomic E-state index is 0.119. The molecule has 0 aliphatic carbocycles. The minimum atomic E-state index is -0.925. The van der Waals surface area contributed by atoms with E-state index in [1.165, 1.54) is 0 Å². The van der Waals surface area contributed by atoms with Crippen molar-refractivity contribution in [2.45, 2.75) is 31.8 Å². The minimum Gasteiger partial charge on any atom is -0.330 e. The van der Waals surface area contributed by atoms with Gasteiger partial charge in [0.05, 0.1) is 11.1 Å². The summed E-state index contributed by atoms with van der Waals surface area (Å²) in [5.74, 6) is -1.26. The maximum atomic E-state index is 12.8. The van der Waals surface area contributed by atoms with E-state index in [9.17, 15) is 19.2 Å². The Balaban J connectivity index is 1.49. The fourth-order valence-corrected chi connectivity index (χ4v) is 4.10. The van der Waals surface area contributed by atoms with E-state index in [0.717, 1.165) is 30.0 Å². The first-order chi connectivity index (χ1) is 13.0. The van der Waals surface area contributed by atoms with Crippen LogP contribution in [0.4, 0.5) is 0 Å². The van der Waals surface area contributed by atoms with Crippen molar-refractivity contribution < 1.29 is 19.2 Å². The van der Waals surface area contributed by atoms with E-state index in [1.807, 2.05) is 6.07 Å². The third-order valence-electron chi connectivity index (χ3n) is 5.52. The molecular formula is C19H22N4O4. The van der Waals surface area contributed by atoms with Crippen LogP contribution in [0.5, 0.6) is 0 Å². The first-order valence-corrected chi connectivity index (χ1v) is 9.25. The van der Waals surface area contributed by atoms with Crippen LogP contribution in [0.25, 0.3) is 0 Å². The molecule has 1 unspecified atom stereocenters. The summed E-state index contributed by atoms with van der Waals surface area (Å²) in [6.07, 6.45) is 1.31. The monoisotopic (exact) mass is 370 g/mol. The molecule has 3 N–H and O–H groups in total. The van der Waals surface area contributed by atoms with E-state index in [4.69, 9.17) is 5.73 Å². The number of fused-ring (bicyclic) bond motifs is 1. The van der Waals surface area contributed by atoms with Crippen LogP contribution in [0.15, 0.2) is 18.2 Å². The summed E-state index contributed by atoms with van der Waals surface area (Å²) in [5, 5.41) is 2.20. The lowest BCUT2D eigenvalue weighted by molar-refractivity contribution is -0.136. The molecular weight excluding hydrogens is 348 g/mol. The molecule has 2 fully saturated rings. The highest BCUT2D eigenvalue weighted by Crippen LogP contribution is 2.29. The summed E-state index contributed by atoms with van der Waals surface area (Å²) in [5.41, 5.74) is 7.20. The molecule has 4 rings (SSSR count). The van der Waals surface area contributed by atoms with Crippen molar-refractivity contribution in [3.05, 3.63) is 34.9 Å². The Labute approximate surface area is 156 Å². The van der Waals surface area contributed by atoms with Gasteiger partial charge >= 0.3 is 0 Å². The highest BCUT2D eigenvalue weighted by Gasteiger charge is 2.44. The van der Waals surface area contributed by atoms with Gasteiger partial charge in [-0.2, -0.15) is 0 Å². The average Bonchev–Trinajstić information content (AvgIpc) is 2.84. The van der Waals surface area contributed by atoms with Gasteiger partial charge in [0.25, 0.3) is 11.8 Å². The van der Waals surface area contributed by atoms with Crippen LogP contribution >= 0.6 is 0 Å². The Kier molecular flexibility index (Phi) is 4.53. The molecule has 2 saturated heterocycles. The number of amides is 4. The van der Waals surface area contributed by atoms with Crippen molar-refractivity contribution in [1.82, 2.24) is 15.1 Å². The Morgan fingerprint density at radius 2 is 1.81 bits per heavy atom. The standard InChI is InChI=1S/C19H22N4O4/c20-6-5-12-9-22(10-12)8-11-1-2-13-14(7-11)19(27)23(18(13)26)15-3-4-16(24)21-17(15)25/h1-2,7,12,15H,3-6,8-10,20H2,(H,21,24,25). The molecule has 4 amide bonds. The molecule has 1 atom stereocenters. The van der Waals surface area contributed by atoms with Gasteiger partial charge in [0, 0.05) is 26.1 Å². The van der Waals surface area contributed by atoms with Gasteiger partial charge in [0.2, 0.25) is 11.8 Å². The number of likely N-dealkylation sites (tertiary alicyclic amines) is 1. The summed E-state index contributed by atoms with van der Waals surface area (Å²) < 4.78 is 0. The molecule has 1 aromatic rings. The quantitative estimate of drug-likeness (QED) is 0.698. The molecule has 142 valence electrons. The Morgan fingerprint density at radius 3 is 2.52 bits per heavy atom. The molecule has 3 aliphatic heterocycles. The van der Waals surface area contributed by atoms with Gasteiger partial charge < -0.3 is 5.73 Å². The number of carbonyl (C=O) groups excluding carboxylic acids is 4. The summed E-state index contributed by atoms with van der Waals surface area (Å²) in [7, 11) is 0. The van der Waals surface area contributed by atoms with Crippen molar-refractivity contribution >= 4 is 23.6 Å². The topological polar surface area (TPSA) is 113 Å². The van der Waals surface area contributed by atoms with E-state index in [1.54, 1.807) is 12.1 Å². The van der Waals surface area contributed by atoms with Crippen LogP contribution in [0.1, 0.15) is 45.5 Å². The molecule has 3 heterocycles. The van der Waals surface area contributed by atoms with Crippen molar-refractivity contribution in [3.63, 3.8) is 0 Å². The van der Waals surface area contributed by atoms with E-state index in [2.05, 4.69) is 10.2 Å². The largest absolute Gasteiger partial charge is 0.330 e. The second-order valence-electron chi connectivity index (χ2n) is 7.46.